The molecule has 1 saturated heterocycles. The summed E-state index contributed by atoms with van der Waals surface area (Å²) in [5, 5.41) is 28.9. The predicted molar refractivity (Wildman–Crippen MR) is 62.4 cm³/mol. The van der Waals surface area contributed by atoms with Gasteiger partial charge in [0.1, 0.15) is 24.4 Å². The molecule has 0 radical (unpaired) electrons. The standard InChI is InChI=1S/C13H14O6/c14-5-8-9(15)10(16)12-11(18-8)6-3-1-2-4-7(6)13(17)19-12/h1-4,8-12,14-16H,5H2/t8-,9-,10+,11+,12-/m1/s1. The van der Waals surface area contributed by atoms with E-state index in [4.69, 9.17) is 14.6 Å². The molecule has 0 spiro atoms. The minimum Gasteiger partial charge on any atom is -0.453 e. The van der Waals surface area contributed by atoms with E-state index < -0.39 is 43.1 Å². The molecule has 0 saturated carbocycles. The first-order valence-electron chi connectivity index (χ1n) is 6.06. The minimum absolute atomic E-state index is 0.379. The summed E-state index contributed by atoms with van der Waals surface area (Å²) in [4.78, 5) is 11.8. The third-order valence-corrected chi connectivity index (χ3v) is 3.60. The second-order valence-corrected chi connectivity index (χ2v) is 4.72. The average Bonchev–Trinajstić information content (AvgIpc) is 2.44. The second kappa shape index (κ2) is 4.57. The molecule has 0 amide bonds. The molecule has 2 aliphatic rings. The van der Waals surface area contributed by atoms with E-state index in [1.54, 1.807) is 24.3 Å². The Labute approximate surface area is 109 Å². The van der Waals surface area contributed by atoms with Crippen LogP contribution in [0, 0.1) is 0 Å². The number of aliphatic hydroxyl groups excluding tert-OH is 3. The lowest BCUT2D eigenvalue weighted by atomic mass is 9.87. The number of carbonyl (C=O) groups is 1. The van der Waals surface area contributed by atoms with Gasteiger partial charge in [0.05, 0.1) is 12.2 Å². The Hall–Kier alpha value is -1.47. The summed E-state index contributed by atoms with van der Waals surface area (Å²) < 4.78 is 10.7. The Morgan fingerprint density at radius 1 is 1.16 bits per heavy atom. The number of ether oxygens (including phenoxy) is 2. The van der Waals surface area contributed by atoms with Gasteiger partial charge in [-0.3, -0.25) is 0 Å². The van der Waals surface area contributed by atoms with Gasteiger partial charge in [-0.25, -0.2) is 4.79 Å². The number of benzene rings is 1. The van der Waals surface area contributed by atoms with E-state index in [0.29, 0.717) is 11.1 Å². The number of esters is 1. The maximum atomic E-state index is 11.8. The van der Waals surface area contributed by atoms with Gasteiger partial charge in [0, 0.05) is 0 Å². The highest BCUT2D eigenvalue weighted by atomic mass is 16.6. The highest BCUT2D eigenvalue weighted by molar-refractivity contribution is 5.92. The Balaban J connectivity index is 2.02. The maximum Gasteiger partial charge on any atom is 0.338 e. The molecule has 0 unspecified atom stereocenters. The summed E-state index contributed by atoms with van der Waals surface area (Å²) >= 11 is 0. The van der Waals surface area contributed by atoms with E-state index in [0.717, 1.165) is 0 Å². The molecule has 1 fully saturated rings. The lowest BCUT2D eigenvalue weighted by molar-refractivity contribution is -0.234. The fraction of sp³-hybridized carbons (Fsp3) is 0.462. The van der Waals surface area contributed by atoms with E-state index in [1.807, 2.05) is 0 Å². The van der Waals surface area contributed by atoms with Crippen LogP contribution in [0.1, 0.15) is 22.0 Å². The molecule has 19 heavy (non-hydrogen) atoms. The Bertz CT molecular complexity index is 502. The van der Waals surface area contributed by atoms with E-state index >= 15 is 0 Å². The quantitative estimate of drug-likeness (QED) is 0.586. The zero-order valence-electron chi connectivity index (χ0n) is 9.97. The molecule has 1 aromatic rings. The van der Waals surface area contributed by atoms with Crippen molar-refractivity contribution in [2.45, 2.75) is 30.5 Å². The molecule has 3 N–H and O–H groups in total. The van der Waals surface area contributed by atoms with Gasteiger partial charge < -0.3 is 24.8 Å². The summed E-state index contributed by atoms with van der Waals surface area (Å²) in [7, 11) is 0. The van der Waals surface area contributed by atoms with Crippen molar-refractivity contribution in [3.8, 4) is 0 Å². The Morgan fingerprint density at radius 3 is 2.63 bits per heavy atom. The summed E-state index contributed by atoms with van der Waals surface area (Å²) in [6.45, 7) is -0.419. The van der Waals surface area contributed by atoms with E-state index in [9.17, 15) is 15.0 Å². The van der Waals surface area contributed by atoms with Crippen LogP contribution in [-0.2, 0) is 9.47 Å². The normalized spacial score (nSPS) is 37.2. The van der Waals surface area contributed by atoms with Gasteiger partial charge in [0.15, 0.2) is 6.10 Å². The van der Waals surface area contributed by atoms with Crippen LogP contribution < -0.4 is 0 Å². The number of carbonyl (C=O) groups excluding carboxylic acids is 1. The lowest BCUT2D eigenvalue weighted by Gasteiger charge is -2.44. The van der Waals surface area contributed by atoms with Crippen LogP contribution in [0.5, 0.6) is 0 Å². The van der Waals surface area contributed by atoms with Gasteiger partial charge in [0.25, 0.3) is 0 Å². The summed E-state index contributed by atoms with van der Waals surface area (Å²) in [5.41, 5.74) is 0.983. The van der Waals surface area contributed by atoms with Crippen molar-refractivity contribution < 1.29 is 29.6 Å². The van der Waals surface area contributed by atoms with E-state index in [2.05, 4.69) is 0 Å². The fourth-order valence-corrected chi connectivity index (χ4v) is 2.59. The van der Waals surface area contributed by atoms with Crippen LogP contribution >= 0.6 is 0 Å². The van der Waals surface area contributed by atoms with Crippen molar-refractivity contribution in [1.29, 1.82) is 0 Å². The van der Waals surface area contributed by atoms with Crippen molar-refractivity contribution in [2.24, 2.45) is 0 Å². The van der Waals surface area contributed by atoms with Crippen molar-refractivity contribution >= 4 is 5.97 Å². The SMILES string of the molecule is O=C1O[C@@H]2[C@@H](O)[C@H](O)[C@@H](CO)O[C@H]2c2ccccc21. The van der Waals surface area contributed by atoms with E-state index in [-0.39, 0.29) is 0 Å². The van der Waals surface area contributed by atoms with Gasteiger partial charge in [-0.2, -0.15) is 0 Å². The Kier molecular flexibility index (Phi) is 3.02. The first kappa shape index (κ1) is 12.6. The highest BCUT2D eigenvalue weighted by Gasteiger charge is 2.50. The molecular formula is C13H14O6. The molecule has 0 aliphatic carbocycles. The first-order chi connectivity index (χ1) is 9.13. The Morgan fingerprint density at radius 2 is 1.89 bits per heavy atom. The van der Waals surface area contributed by atoms with Gasteiger partial charge in [0.2, 0.25) is 0 Å². The molecule has 1 aromatic carbocycles. The maximum absolute atomic E-state index is 11.8. The number of hydrogen-bond donors (Lipinski definition) is 3. The second-order valence-electron chi connectivity index (χ2n) is 4.72. The molecule has 0 bridgehead atoms. The van der Waals surface area contributed by atoms with Crippen LogP contribution in [0.2, 0.25) is 0 Å². The number of rotatable bonds is 1. The molecule has 6 nitrogen and oxygen atoms in total. The third kappa shape index (κ3) is 1.84. The van der Waals surface area contributed by atoms with Crippen LogP contribution in [0.25, 0.3) is 0 Å². The number of hydrogen-bond acceptors (Lipinski definition) is 6. The molecule has 3 rings (SSSR count). The van der Waals surface area contributed by atoms with Gasteiger partial charge in [-0.05, 0) is 11.6 Å². The summed E-state index contributed by atoms with van der Waals surface area (Å²) in [5.74, 6) is -0.547. The number of fused-ring (bicyclic) bond motifs is 3. The van der Waals surface area contributed by atoms with Gasteiger partial charge >= 0.3 is 5.97 Å². The van der Waals surface area contributed by atoms with Crippen molar-refractivity contribution in [2.75, 3.05) is 6.61 Å². The van der Waals surface area contributed by atoms with Crippen LogP contribution in [0.4, 0.5) is 0 Å². The third-order valence-electron chi connectivity index (χ3n) is 3.60. The molecule has 0 aromatic heterocycles. The molecular weight excluding hydrogens is 252 g/mol. The summed E-state index contributed by atoms with van der Waals surface area (Å²) in [6, 6.07) is 6.79. The zero-order chi connectivity index (χ0) is 13.6. The van der Waals surface area contributed by atoms with E-state index in [1.165, 1.54) is 0 Å². The molecule has 6 heteroatoms. The molecule has 102 valence electrons. The van der Waals surface area contributed by atoms with Crippen LogP contribution in [0.3, 0.4) is 0 Å². The molecule has 2 aliphatic heterocycles. The van der Waals surface area contributed by atoms with Gasteiger partial charge in [-0.15, -0.1) is 0 Å². The van der Waals surface area contributed by atoms with Gasteiger partial charge in [-0.1, -0.05) is 18.2 Å². The topological polar surface area (TPSA) is 96.2 Å². The zero-order valence-corrected chi connectivity index (χ0v) is 9.97. The smallest absolute Gasteiger partial charge is 0.338 e. The van der Waals surface area contributed by atoms with Crippen molar-refractivity contribution in [3.05, 3.63) is 35.4 Å². The lowest BCUT2D eigenvalue weighted by Crippen LogP contribution is -2.58. The van der Waals surface area contributed by atoms with Crippen LogP contribution in [-0.4, -0.2) is 52.3 Å². The first-order valence-corrected chi connectivity index (χ1v) is 6.06. The monoisotopic (exact) mass is 266 g/mol. The molecule has 5 atom stereocenters. The predicted octanol–water partition coefficient (Wildman–Crippen LogP) is -0.620. The van der Waals surface area contributed by atoms with Crippen LogP contribution in [0.15, 0.2) is 24.3 Å². The fourth-order valence-electron chi connectivity index (χ4n) is 2.59. The summed E-state index contributed by atoms with van der Waals surface area (Å²) in [6.07, 6.45) is -5.11. The largest absolute Gasteiger partial charge is 0.453 e. The van der Waals surface area contributed by atoms with Crippen molar-refractivity contribution in [3.63, 3.8) is 0 Å². The van der Waals surface area contributed by atoms with Crippen molar-refractivity contribution in [1.82, 2.24) is 0 Å². The number of aliphatic hydroxyl groups is 3. The average molecular weight is 266 g/mol. The minimum atomic E-state index is -1.29. The highest BCUT2D eigenvalue weighted by Crippen LogP contribution is 2.39. The molecule has 2 heterocycles.